The second-order valence-electron chi connectivity index (χ2n) is 5.53. The number of amidine groups is 1. The van der Waals surface area contributed by atoms with E-state index < -0.39 is 0 Å². The van der Waals surface area contributed by atoms with Crippen LogP contribution in [0.2, 0.25) is 0 Å². The van der Waals surface area contributed by atoms with E-state index >= 15 is 0 Å². The maximum atomic E-state index is 4.85. The Morgan fingerprint density at radius 3 is 2.22 bits per heavy atom. The lowest BCUT2D eigenvalue weighted by molar-refractivity contribution is 0.670. The smallest absolute Gasteiger partial charge is 0.169 e. The number of benzene rings is 2. The van der Waals surface area contributed by atoms with Crippen molar-refractivity contribution in [2.45, 2.75) is 12.5 Å². The minimum Gasteiger partial charge on any atom is -0.311 e. The normalized spacial score (nSPS) is 22.6. The van der Waals surface area contributed by atoms with Gasteiger partial charge in [-0.05, 0) is 55.5 Å². The number of aliphatic imine (C=N–C) groups is 1. The Bertz CT molecular complexity index is 741. The molecule has 1 unspecified atom stereocenters. The second kappa shape index (κ2) is 6.83. The molecule has 2 aromatic rings. The molecule has 118 valence electrons. The van der Waals surface area contributed by atoms with E-state index in [1.54, 1.807) is 11.8 Å². The van der Waals surface area contributed by atoms with Gasteiger partial charge in [0.05, 0.1) is 11.2 Å². The van der Waals surface area contributed by atoms with Gasteiger partial charge in [-0.1, -0.05) is 49.7 Å². The molecule has 1 heterocycles. The van der Waals surface area contributed by atoms with Crippen molar-refractivity contribution in [3.63, 3.8) is 0 Å². The Labute approximate surface area is 157 Å². The Morgan fingerprint density at radius 1 is 1.09 bits per heavy atom. The molecule has 2 nitrogen and oxygen atoms in total. The Kier molecular flexibility index (Phi) is 4.99. The zero-order valence-corrected chi connectivity index (χ0v) is 16.7. The van der Waals surface area contributed by atoms with Crippen LogP contribution >= 0.6 is 43.6 Å². The van der Waals surface area contributed by atoms with Gasteiger partial charge in [0.2, 0.25) is 0 Å². The molecule has 1 saturated heterocycles. The number of thioether (sulfide) groups is 1. The number of rotatable bonds is 3. The van der Waals surface area contributed by atoms with Gasteiger partial charge in [0.1, 0.15) is 0 Å². The van der Waals surface area contributed by atoms with Crippen LogP contribution in [0.3, 0.4) is 0 Å². The molecule has 1 atom stereocenters. The molecule has 2 aromatic carbocycles. The predicted molar refractivity (Wildman–Crippen MR) is 109 cm³/mol. The molecule has 0 aromatic heterocycles. The number of hydrogen-bond donors (Lipinski definition) is 0. The molecule has 23 heavy (non-hydrogen) atoms. The molecule has 1 aliphatic rings. The van der Waals surface area contributed by atoms with E-state index in [1.807, 2.05) is 30.3 Å². The number of anilines is 1. The fraction of sp³-hybridized carbons (Fsp3) is 0.167. The van der Waals surface area contributed by atoms with Crippen molar-refractivity contribution in [3.8, 4) is 0 Å². The minimum absolute atomic E-state index is 0.146. The van der Waals surface area contributed by atoms with Crippen molar-refractivity contribution in [3.05, 3.63) is 70.1 Å². The van der Waals surface area contributed by atoms with Gasteiger partial charge in [-0.25, -0.2) is 4.99 Å². The highest BCUT2D eigenvalue weighted by Gasteiger charge is 2.39. The van der Waals surface area contributed by atoms with Crippen LogP contribution in [0, 0.1) is 0 Å². The summed E-state index contributed by atoms with van der Waals surface area (Å²) in [5.74, 6) is 0.932. The van der Waals surface area contributed by atoms with Gasteiger partial charge < -0.3 is 4.90 Å². The summed E-state index contributed by atoms with van der Waals surface area (Å²) in [6.07, 6.45) is 2.01. The summed E-state index contributed by atoms with van der Waals surface area (Å²) in [6, 6.07) is 16.4. The number of nitrogens with zero attached hydrogens (tertiary/aromatic N) is 2. The van der Waals surface area contributed by atoms with Crippen LogP contribution in [-0.4, -0.2) is 16.5 Å². The van der Waals surface area contributed by atoms with Crippen LogP contribution < -0.4 is 4.90 Å². The van der Waals surface area contributed by atoms with Crippen LogP contribution in [-0.2, 0) is 0 Å². The van der Waals surface area contributed by atoms with E-state index in [2.05, 4.69) is 74.5 Å². The molecule has 0 aliphatic carbocycles. The summed E-state index contributed by atoms with van der Waals surface area (Å²) in [6.45, 7) is 6.23. The zero-order chi connectivity index (χ0) is 16.4. The molecular weight excluding hydrogens is 436 g/mol. The summed E-state index contributed by atoms with van der Waals surface area (Å²) in [4.78, 5) is 7.11. The molecule has 0 saturated carbocycles. The van der Waals surface area contributed by atoms with E-state index in [9.17, 15) is 0 Å². The fourth-order valence-electron chi connectivity index (χ4n) is 2.41. The first kappa shape index (κ1) is 16.8. The Balaban J connectivity index is 2.03. The average molecular weight is 452 g/mol. The molecule has 5 heteroatoms. The Hall–Kier alpha value is -1.04. The van der Waals surface area contributed by atoms with E-state index in [1.165, 1.54) is 0 Å². The van der Waals surface area contributed by atoms with Gasteiger partial charge in [0.25, 0.3) is 0 Å². The molecule has 0 radical (unpaired) electrons. The third-order valence-electron chi connectivity index (χ3n) is 3.77. The van der Waals surface area contributed by atoms with Gasteiger partial charge in [0, 0.05) is 20.4 Å². The summed E-state index contributed by atoms with van der Waals surface area (Å²) in [5, 5.41) is 0.997. The van der Waals surface area contributed by atoms with Gasteiger partial charge >= 0.3 is 0 Å². The lowest BCUT2D eigenvalue weighted by Crippen LogP contribution is -2.43. The maximum absolute atomic E-state index is 4.85. The molecule has 0 bridgehead atoms. The Morgan fingerprint density at radius 2 is 1.65 bits per heavy atom. The van der Waals surface area contributed by atoms with Crippen molar-refractivity contribution in [2.75, 3.05) is 10.7 Å². The van der Waals surface area contributed by atoms with E-state index in [4.69, 9.17) is 4.99 Å². The number of halogens is 2. The van der Waals surface area contributed by atoms with Crippen LogP contribution in [0.4, 0.5) is 11.4 Å². The fourth-order valence-corrected chi connectivity index (χ4v) is 4.22. The van der Waals surface area contributed by atoms with E-state index in [0.717, 1.165) is 31.2 Å². The standard InChI is InChI=1S/C18H16Br2N2S/c1-3-18(2)12-23-17(21-15-8-4-13(19)5-9-15)22(18)16-10-6-14(20)7-11-16/h3-11H,1,12H2,2H3. The molecule has 1 fully saturated rings. The predicted octanol–water partition coefficient (Wildman–Crippen LogP) is 6.40. The highest BCUT2D eigenvalue weighted by atomic mass is 79.9. The lowest BCUT2D eigenvalue weighted by Gasteiger charge is -2.33. The van der Waals surface area contributed by atoms with E-state index in [0.29, 0.717) is 0 Å². The first-order valence-corrected chi connectivity index (χ1v) is 9.75. The maximum Gasteiger partial charge on any atom is 0.169 e. The van der Waals surface area contributed by atoms with Gasteiger partial charge in [-0.3, -0.25) is 0 Å². The highest BCUT2D eigenvalue weighted by Crippen LogP contribution is 2.39. The average Bonchev–Trinajstić information content (AvgIpc) is 2.88. The SMILES string of the molecule is C=CC1(C)CSC(=Nc2ccc(Br)cc2)N1c1ccc(Br)cc1. The molecule has 0 amide bonds. The third-order valence-corrected chi connectivity index (χ3v) is 6.09. The molecular formula is C18H16Br2N2S. The van der Waals surface area contributed by atoms with Gasteiger partial charge in [0.15, 0.2) is 5.17 Å². The van der Waals surface area contributed by atoms with Crippen molar-refractivity contribution >= 4 is 60.2 Å². The quantitative estimate of drug-likeness (QED) is 0.502. The van der Waals surface area contributed by atoms with Crippen molar-refractivity contribution in [2.24, 2.45) is 4.99 Å². The summed E-state index contributed by atoms with van der Waals surface area (Å²) in [5.41, 5.74) is 1.93. The summed E-state index contributed by atoms with van der Waals surface area (Å²) >= 11 is 8.72. The van der Waals surface area contributed by atoms with Gasteiger partial charge in [-0.2, -0.15) is 0 Å². The monoisotopic (exact) mass is 450 g/mol. The van der Waals surface area contributed by atoms with E-state index in [-0.39, 0.29) is 5.54 Å². The minimum atomic E-state index is -0.146. The second-order valence-corrected chi connectivity index (χ2v) is 8.31. The van der Waals surface area contributed by atoms with Crippen LogP contribution in [0.25, 0.3) is 0 Å². The lowest BCUT2D eigenvalue weighted by atomic mass is 10.0. The highest BCUT2D eigenvalue weighted by molar-refractivity contribution is 9.10. The molecule has 0 spiro atoms. The third kappa shape index (κ3) is 3.57. The summed E-state index contributed by atoms with van der Waals surface area (Å²) in [7, 11) is 0. The number of hydrogen-bond acceptors (Lipinski definition) is 2. The van der Waals surface area contributed by atoms with Crippen LogP contribution in [0.1, 0.15) is 6.92 Å². The van der Waals surface area contributed by atoms with Crippen LogP contribution in [0.5, 0.6) is 0 Å². The van der Waals surface area contributed by atoms with Crippen molar-refractivity contribution in [1.82, 2.24) is 0 Å². The molecule has 0 N–H and O–H groups in total. The van der Waals surface area contributed by atoms with Crippen molar-refractivity contribution in [1.29, 1.82) is 0 Å². The van der Waals surface area contributed by atoms with Crippen LogP contribution in [0.15, 0.2) is 75.1 Å². The zero-order valence-electron chi connectivity index (χ0n) is 12.7. The largest absolute Gasteiger partial charge is 0.311 e. The first-order valence-electron chi connectivity index (χ1n) is 7.18. The molecule has 3 rings (SSSR count). The van der Waals surface area contributed by atoms with Gasteiger partial charge in [-0.15, -0.1) is 6.58 Å². The summed E-state index contributed by atoms with van der Waals surface area (Å²) < 4.78 is 2.13. The van der Waals surface area contributed by atoms with Crippen molar-refractivity contribution < 1.29 is 0 Å². The molecule has 1 aliphatic heterocycles. The first-order chi connectivity index (χ1) is 11.0. The topological polar surface area (TPSA) is 15.6 Å².